The van der Waals surface area contributed by atoms with Gasteiger partial charge in [-0.05, 0) is 34.1 Å². The molecule has 2 heterocycles. The third kappa shape index (κ3) is 3.31. The Balaban J connectivity index is 2.11. The van der Waals surface area contributed by atoms with Crippen LogP contribution in [0, 0.1) is 0 Å². The molecule has 0 aliphatic heterocycles. The van der Waals surface area contributed by atoms with Crippen molar-refractivity contribution < 1.29 is 9.90 Å². The van der Waals surface area contributed by atoms with Gasteiger partial charge < -0.3 is 5.11 Å². The number of thioether (sulfide) groups is 1. The monoisotopic (exact) mass is 329 g/mol. The quantitative estimate of drug-likeness (QED) is 0.864. The molecule has 2 rings (SSSR count). The zero-order valence-corrected chi connectivity index (χ0v) is 11.8. The first-order valence-corrected chi connectivity index (χ1v) is 7.36. The first-order chi connectivity index (χ1) is 8.16. The van der Waals surface area contributed by atoms with Crippen LogP contribution in [-0.4, -0.2) is 16.1 Å². The lowest BCUT2D eigenvalue weighted by Gasteiger charge is -2.02. The van der Waals surface area contributed by atoms with E-state index in [4.69, 9.17) is 5.11 Å². The van der Waals surface area contributed by atoms with Gasteiger partial charge in [-0.25, -0.2) is 9.78 Å². The van der Waals surface area contributed by atoms with E-state index in [1.165, 1.54) is 16.6 Å². The summed E-state index contributed by atoms with van der Waals surface area (Å²) < 4.78 is 1.05. The van der Waals surface area contributed by atoms with Gasteiger partial charge in [-0.1, -0.05) is 11.8 Å². The van der Waals surface area contributed by atoms with Crippen LogP contribution in [0.15, 0.2) is 39.3 Å². The number of carboxylic acid groups (broad SMARTS) is 1. The largest absolute Gasteiger partial charge is 0.478 e. The molecule has 0 fully saturated rings. The highest BCUT2D eigenvalue weighted by Crippen LogP contribution is 2.28. The van der Waals surface area contributed by atoms with Crippen molar-refractivity contribution in [2.24, 2.45) is 0 Å². The van der Waals surface area contributed by atoms with Crippen LogP contribution in [0.25, 0.3) is 0 Å². The molecule has 1 N–H and O–H groups in total. The van der Waals surface area contributed by atoms with Gasteiger partial charge in [-0.15, -0.1) is 11.3 Å². The Morgan fingerprint density at radius 1 is 1.59 bits per heavy atom. The van der Waals surface area contributed by atoms with Gasteiger partial charge in [0.1, 0.15) is 5.03 Å². The van der Waals surface area contributed by atoms with E-state index in [0.29, 0.717) is 5.03 Å². The van der Waals surface area contributed by atoms with Crippen LogP contribution in [0.4, 0.5) is 0 Å². The number of nitrogens with zero attached hydrogens (tertiary/aromatic N) is 1. The lowest BCUT2D eigenvalue weighted by Crippen LogP contribution is -2.00. The topological polar surface area (TPSA) is 50.2 Å². The van der Waals surface area contributed by atoms with Gasteiger partial charge in [0.15, 0.2) is 0 Å². The van der Waals surface area contributed by atoms with Gasteiger partial charge in [0.2, 0.25) is 0 Å². The molecule has 0 spiro atoms. The summed E-state index contributed by atoms with van der Waals surface area (Å²) in [5, 5.41) is 11.6. The third-order valence-corrected chi connectivity index (χ3v) is 4.91. The molecule has 6 heteroatoms. The minimum atomic E-state index is -0.937. The van der Waals surface area contributed by atoms with Crippen molar-refractivity contribution in [3.05, 3.63) is 44.7 Å². The van der Waals surface area contributed by atoms with Gasteiger partial charge in [0.05, 0.1) is 5.56 Å². The number of pyridine rings is 1. The summed E-state index contributed by atoms with van der Waals surface area (Å²) in [5.41, 5.74) is 0.258. The molecule has 0 atom stereocenters. The van der Waals surface area contributed by atoms with E-state index in [0.717, 1.165) is 10.2 Å². The summed E-state index contributed by atoms with van der Waals surface area (Å²) in [4.78, 5) is 16.3. The Hall–Kier alpha value is -0.850. The Labute approximate surface area is 115 Å². The number of rotatable bonds is 4. The molecule has 17 heavy (non-hydrogen) atoms. The van der Waals surface area contributed by atoms with Crippen LogP contribution < -0.4 is 0 Å². The average Bonchev–Trinajstić information content (AvgIpc) is 2.73. The van der Waals surface area contributed by atoms with Crippen molar-refractivity contribution in [2.45, 2.75) is 10.8 Å². The number of hydrogen-bond acceptors (Lipinski definition) is 4. The molecular formula is C11H8BrNO2S2. The first kappa shape index (κ1) is 12.6. The highest BCUT2D eigenvalue weighted by molar-refractivity contribution is 9.10. The summed E-state index contributed by atoms with van der Waals surface area (Å²) in [6.07, 6.45) is 1.61. The van der Waals surface area contributed by atoms with E-state index in [1.54, 1.807) is 29.7 Å². The van der Waals surface area contributed by atoms with Crippen molar-refractivity contribution >= 4 is 45.0 Å². The maximum atomic E-state index is 11.0. The van der Waals surface area contributed by atoms with Crippen molar-refractivity contribution in [3.8, 4) is 0 Å². The summed E-state index contributed by atoms with van der Waals surface area (Å²) >= 11 is 6.47. The molecule has 0 aromatic carbocycles. The molecule has 2 aromatic rings. The third-order valence-electron chi connectivity index (χ3n) is 1.97. The molecule has 0 saturated carbocycles. The molecule has 3 nitrogen and oxygen atoms in total. The Morgan fingerprint density at radius 3 is 3.06 bits per heavy atom. The zero-order valence-electron chi connectivity index (χ0n) is 8.59. The number of hydrogen-bond donors (Lipinski definition) is 1. The number of carboxylic acids is 1. The summed E-state index contributed by atoms with van der Waals surface area (Å²) in [6.45, 7) is 0. The Kier molecular flexibility index (Phi) is 4.20. The van der Waals surface area contributed by atoms with Crippen LogP contribution >= 0.6 is 39.0 Å². The minimum absolute atomic E-state index is 0.258. The van der Waals surface area contributed by atoms with Crippen LogP contribution in [0.2, 0.25) is 0 Å². The first-order valence-electron chi connectivity index (χ1n) is 4.71. The molecule has 0 amide bonds. The standard InChI is InChI=1S/C11H8BrNO2S2/c12-7-4-8(16-5-7)6-17-10-9(11(14)15)2-1-3-13-10/h1-5H,6H2,(H,14,15). The lowest BCUT2D eigenvalue weighted by atomic mass is 10.3. The average molecular weight is 330 g/mol. The fourth-order valence-electron chi connectivity index (χ4n) is 1.24. The zero-order chi connectivity index (χ0) is 12.3. The van der Waals surface area contributed by atoms with Crippen molar-refractivity contribution in [1.29, 1.82) is 0 Å². The summed E-state index contributed by atoms with van der Waals surface area (Å²) in [5.74, 6) is -0.207. The molecule has 0 bridgehead atoms. The van der Waals surface area contributed by atoms with Gasteiger partial charge in [0.25, 0.3) is 0 Å². The second-order valence-electron chi connectivity index (χ2n) is 3.18. The van der Waals surface area contributed by atoms with Crippen LogP contribution in [0.5, 0.6) is 0 Å². The predicted molar refractivity (Wildman–Crippen MR) is 72.8 cm³/mol. The summed E-state index contributed by atoms with van der Waals surface area (Å²) in [7, 11) is 0. The van der Waals surface area contributed by atoms with Crippen LogP contribution in [-0.2, 0) is 5.75 Å². The van der Waals surface area contributed by atoms with Gasteiger partial charge in [-0.3, -0.25) is 0 Å². The van der Waals surface area contributed by atoms with Gasteiger partial charge >= 0.3 is 5.97 Å². The minimum Gasteiger partial charge on any atom is -0.478 e. The van der Waals surface area contributed by atoms with E-state index >= 15 is 0 Å². The molecule has 0 unspecified atom stereocenters. The van der Waals surface area contributed by atoms with E-state index in [1.807, 2.05) is 11.4 Å². The van der Waals surface area contributed by atoms with Crippen LogP contribution in [0.3, 0.4) is 0 Å². The maximum absolute atomic E-state index is 11.0. The van der Waals surface area contributed by atoms with Gasteiger partial charge in [-0.2, -0.15) is 0 Å². The molecule has 0 saturated heterocycles. The number of halogens is 1. The normalized spacial score (nSPS) is 10.4. The number of thiophene rings is 1. The Bertz CT molecular complexity index is 542. The number of carbonyl (C=O) groups is 1. The molecular weight excluding hydrogens is 322 g/mol. The SMILES string of the molecule is O=C(O)c1cccnc1SCc1cc(Br)cs1. The van der Waals surface area contributed by atoms with Crippen molar-refractivity contribution in [1.82, 2.24) is 4.98 Å². The number of aromatic nitrogens is 1. The Morgan fingerprint density at radius 2 is 2.41 bits per heavy atom. The van der Waals surface area contributed by atoms with Crippen LogP contribution in [0.1, 0.15) is 15.2 Å². The highest BCUT2D eigenvalue weighted by Gasteiger charge is 2.11. The molecule has 0 aliphatic rings. The maximum Gasteiger partial charge on any atom is 0.338 e. The van der Waals surface area contributed by atoms with E-state index < -0.39 is 5.97 Å². The second kappa shape index (κ2) is 5.66. The lowest BCUT2D eigenvalue weighted by molar-refractivity contribution is 0.0692. The highest BCUT2D eigenvalue weighted by atomic mass is 79.9. The van der Waals surface area contributed by atoms with Crippen molar-refractivity contribution in [3.63, 3.8) is 0 Å². The van der Waals surface area contributed by atoms with Crippen molar-refractivity contribution in [2.75, 3.05) is 0 Å². The summed E-state index contributed by atoms with van der Waals surface area (Å²) in [6, 6.07) is 5.23. The smallest absolute Gasteiger partial charge is 0.338 e. The van der Waals surface area contributed by atoms with E-state index in [-0.39, 0.29) is 5.56 Å². The second-order valence-corrected chi connectivity index (χ2v) is 6.06. The fraction of sp³-hybridized carbons (Fsp3) is 0.0909. The number of aromatic carboxylic acids is 1. The molecule has 88 valence electrons. The molecule has 2 aromatic heterocycles. The van der Waals surface area contributed by atoms with E-state index in [2.05, 4.69) is 20.9 Å². The van der Waals surface area contributed by atoms with Gasteiger partial charge in [0, 0.05) is 26.7 Å². The van der Waals surface area contributed by atoms with E-state index in [9.17, 15) is 4.79 Å². The molecule has 0 aliphatic carbocycles. The molecule has 0 radical (unpaired) electrons. The predicted octanol–water partition coefficient (Wildman–Crippen LogP) is 3.90. The fourth-order valence-corrected chi connectivity index (χ4v) is 3.73.